The molecule has 0 bridgehead atoms. The van der Waals surface area contributed by atoms with Crippen LogP contribution >= 0.6 is 0 Å². The van der Waals surface area contributed by atoms with Crippen LogP contribution in [0.4, 0.5) is 4.39 Å². The Kier molecular flexibility index (Phi) is 5.07. The number of hydrogen-bond acceptors (Lipinski definition) is 3. The lowest BCUT2D eigenvalue weighted by Gasteiger charge is -2.15. The van der Waals surface area contributed by atoms with E-state index in [9.17, 15) is 14.0 Å². The molecule has 0 aliphatic heterocycles. The van der Waals surface area contributed by atoms with Crippen molar-refractivity contribution in [3.63, 3.8) is 0 Å². The van der Waals surface area contributed by atoms with E-state index in [4.69, 9.17) is 4.74 Å². The second-order valence-corrected chi connectivity index (χ2v) is 5.77. The van der Waals surface area contributed by atoms with Gasteiger partial charge < -0.3 is 15.0 Å². The largest absolute Gasteiger partial charge is 0.494 e. The van der Waals surface area contributed by atoms with E-state index in [1.165, 1.54) is 26.2 Å². The zero-order valence-corrected chi connectivity index (χ0v) is 14.4. The summed E-state index contributed by atoms with van der Waals surface area (Å²) >= 11 is 0. The van der Waals surface area contributed by atoms with E-state index < -0.39 is 11.9 Å². The summed E-state index contributed by atoms with van der Waals surface area (Å²) < 4.78 is 18.7. The standard InChI is InChI=1S/C18H21FN2O3/c1-9-16(12(4)22)11(3)20-17(9)18(23)21-10(2)13-6-7-15(24-5)14(19)8-13/h6-8,10,20H,1-5H3,(H,21,23)/t10-/m0/s1. The van der Waals surface area contributed by atoms with Gasteiger partial charge in [0.1, 0.15) is 5.69 Å². The van der Waals surface area contributed by atoms with Crippen molar-refractivity contribution in [3.05, 3.63) is 52.1 Å². The molecule has 0 saturated carbocycles. The van der Waals surface area contributed by atoms with E-state index in [-0.39, 0.29) is 17.4 Å². The number of ketones is 1. The van der Waals surface area contributed by atoms with Crippen LogP contribution < -0.4 is 10.1 Å². The molecule has 128 valence electrons. The molecule has 1 aromatic heterocycles. The molecular formula is C18H21FN2O3. The molecular weight excluding hydrogens is 311 g/mol. The molecule has 0 fully saturated rings. The average Bonchev–Trinajstić information content (AvgIpc) is 2.81. The van der Waals surface area contributed by atoms with Crippen molar-refractivity contribution in [1.82, 2.24) is 10.3 Å². The Balaban J connectivity index is 2.22. The van der Waals surface area contributed by atoms with E-state index in [0.717, 1.165) is 0 Å². The van der Waals surface area contributed by atoms with Gasteiger partial charge in [0.25, 0.3) is 5.91 Å². The molecule has 0 saturated heterocycles. The zero-order chi connectivity index (χ0) is 18.0. The van der Waals surface area contributed by atoms with Crippen molar-refractivity contribution in [3.8, 4) is 5.75 Å². The summed E-state index contributed by atoms with van der Waals surface area (Å²) in [5.41, 5.74) is 2.77. The first-order valence-corrected chi connectivity index (χ1v) is 7.60. The van der Waals surface area contributed by atoms with Crippen molar-refractivity contribution in [2.45, 2.75) is 33.7 Å². The van der Waals surface area contributed by atoms with Crippen molar-refractivity contribution in [2.24, 2.45) is 0 Å². The monoisotopic (exact) mass is 332 g/mol. The Morgan fingerprint density at radius 2 is 1.96 bits per heavy atom. The summed E-state index contributed by atoms with van der Waals surface area (Å²) in [5, 5.41) is 2.81. The maximum Gasteiger partial charge on any atom is 0.268 e. The first kappa shape index (κ1) is 17.7. The lowest BCUT2D eigenvalue weighted by Crippen LogP contribution is -2.27. The topological polar surface area (TPSA) is 71.2 Å². The fraction of sp³-hybridized carbons (Fsp3) is 0.333. The van der Waals surface area contributed by atoms with Gasteiger partial charge in [-0.3, -0.25) is 9.59 Å². The molecule has 2 rings (SSSR count). The predicted molar refractivity (Wildman–Crippen MR) is 89.1 cm³/mol. The number of hydrogen-bond donors (Lipinski definition) is 2. The number of methoxy groups -OCH3 is 1. The maximum absolute atomic E-state index is 13.8. The van der Waals surface area contributed by atoms with Gasteiger partial charge in [-0.05, 0) is 51.0 Å². The van der Waals surface area contributed by atoms with Gasteiger partial charge in [-0.25, -0.2) is 4.39 Å². The van der Waals surface area contributed by atoms with Crippen LogP contribution in [0.2, 0.25) is 0 Å². The number of Topliss-reactive ketones (excluding diaryl/α,β-unsaturated/α-hetero) is 1. The number of amides is 1. The summed E-state index contributed by atoms with van der Waals surface area (Å²) in [4.78, 5) is 27.1. The number of ether oxygens (including phenoxy) is 1. The van der Waals surface area contributed by atoms with E-state index in [0.29, 0.717) is 28.1 Å². The Bertz CT molecular complexity index is 796. The quantitative estimate of drug-likeness (QED) is 0.824. The number of aromatic amines is 1. The highest BCUT2D eigenvalue weighted by Crippen LogP contribution is 2.23. The minimum Gasteiger partial charge on any atom is -0.494 e. The highest BCUT2D eigenvalue weighted by Gasteiger charge is 2.21. The summed E-state index contributed by atoms with van der Waals surface area (Å²) in [6.45, 7) is 6.71. The molecule has 1 heterocycles. The van der Waals surface area contributed by atoms with E-state index in [2.05, 4.69) is 10.3 Å². The molecule has 2 N–H and O–H groups in total. The van der Waals surface area contributed by atoms with Gasteiger partial charge >= 0.3 is 0 Å². The predicted octanol–water partition coefficient (Wildman–Crippen LogP) is 3.47. The number of rotatable bonds is 5. The number of benzene rings is 1. The van der Waals surface area contributed by atoms with Crippen molar-refractivity contribution < 1.29 is 18.7 Å². The minimum atomic E-state index is -0.484. The Morgan fingerprint density at radius 3 is 2.46 bits per heavy atom. The van der Waals surface area contributed by atoms with Gasteiger partial charge in [0, 0.05) is 11.3 Å². The van der Waals surface area contributed by atoms with Gasteiger partial charge in [0.15, 0.2) is 17.3 Å². The molecule has 24 heavy (non-hydrogen) atoms. The van der Waals surface area contributed by atoms with Crippen LogP contribution in [0.3, 0.4) is 0 Å². The fourth-order valence-electron chi connectivity index (χ4n) is 2.81. The van der Waals surface area contributed by atoms with Gasteiger partial charge in [0.05, 0.1) is 13.2 Å². The lowest BCUT2D eigenvalue weighted by atomic mass is 10.1. The average molecular weight is 332 g/mol. The highest BCUT2D eigenvalue weighted by atomic mass is 19.1. The number of aryl methyl sites for hydroxylation is 1. The smallest absolute Gasteiger partial charge is 0.268 e. The highest BCUT2D eigenvalue weighted by molar-refractivity contribution is 6.02. The van der Waals surface area contributed by atoms with Crippen LogP contribution in [-0.2, 0) is 0 Å². The van der Waals surface area contributed by atoms with Gasteiger partial charge in [-0.1, -0.05) is 6.07 Å². The molecule has 6 heteroatoms. The number of aromatic nitrogens is 1. The van der Waals surface area contributed by atoms with Gasteiger partial charge in [-0.15, -0.1) is 0 Å². The fourth-order valence-corrected chi connectivity index (χ4v) is 2.81. The first-order valence-electron chi connectivity index (χ1n) is 7.60. The van der Waals surface area contributed by atoms with E-state index in [1.54, 1.807) is 26.8 Å². The molecule has 1 aromatic carbocycles. The summed E-state index contributed by atoms with van der Waals surface area (Å²) in [5.74, 6) is -0.765. The molecule has 1 amide bonds. The van der Waals surface area contributed by atoms with Crippen molar-refractivity contribution in [1.29, 1.82) is 0 Å². The van der Waals surface area contributed by atoms with Crippen LogP contribution in [-0.4, -0.2) is 23.8 Å². The summed E-state index contributed by atoms with van der Waals surface area (Å²) in [6, 6.07) is 4.14. The third-order valence-corrected chi connectivity index (χ3v) is 4.04. The van der Waals surface area contributed by atoms with Crippen molar-refractivity contribution >= 4 is 11.7 Å². The lowest BCUT2D eigenvalue weighted by molar-refractivity contribution is 0.0934. The second kappa shape index (κ2) is 6.86. The number of halogens is 1. The molecule has 2 aromatic rings. The number of carbonyl (C=O) groups is 2. The normalized spacial score (nSPS) is 11.9. The van der Waals surface area contributed by atoms with Crippen LogP contribution in [0.25, 0.3) is 0 Å². The van der Waals surface area contributed by atoms with Crippen LogP contribution in [0.15, 0.2) is 18.2 Å². The molecule has 5 nitrogen and oxygen atoms in total. The zero-order valence-electron chi connectivity index (χ0n) is 14.4. The second-order valence-electron chi connectivity index (χ2n) is 5.77. The third-order valence-electron chi connectivity index (χ3n) is 4.04. The third kappa shape index (κ3) is 3.32. The summed E-state index contributed by atoms with van der Waals surface area (Å²) in [6.07, 6.45) is 0. The number of carbonyl (C=O) groups excluding carboxylic acids is 2. The minimum absolute atomic E-state index is 0.0921. The van der Waals surface area contributed by atoms with Crippen LogP contribution in [0.1, 0.15) is 57.6 Å². The Hall–Kier alpha value is -2.63. The SMILES string of the molecule is COc1ccc([C@H](C)NC(=O)c2[nH]c(C)c(C(C)=O)c2C)cc1F. The van der Waals surface area contributed by atoms with E-state index in [1.807, 2.05) is 0 Å². The molecule has 0 aliphatic rings. The van der Waals surface area contributed by atoms with Crippen LogP contribution in [0, 0.1) is 19.7 Å². The van der Waals surface area contributed by atoms with Gasteiger partial charge in [0.2, 0.25) is 0 Å². The van der Waals surface area contributed by atoms with Crippen molar-refractivity contribution in [2.75, 3.05) is 7.11 Å². The number of H-pyrrole nitrogens is 1. The maximum atomic E-state index is 13.8. The van der Waals surface area contributed by atoms with Crippen LogP contribution in [0.5, 0.6) is 5.75 Å². The first-order chi connectivity index (χ1) is 11.3. The number of nitrogens with one attached hydrogen (secondary N) is 2. The molecule has 0 spiro atoms. The Labute approximate surface area is 140 Å². The molecule has 0 aliphatic carbocycles. The summed E-state index contributed by atoms with van der Waals surface area (Å²) in [7, 11) is 1.40. The Morgan fingerprint density at radius 1 is 1.29 bits per heavy atom. The van der Waals surface area contributed by atoms with Gasteiger partial charge in [-0.2, -0.15) is 0 Å². The molecule has 0 unspecified atom stereocenters. The molecule has 0 radical (unpaired) electrons. The molecule has 1 atom stereocenters. The van der Waals surface area contributed by atoms with E-state index >= 15 is 0 Å².